The number of phenols is 1. The predicted molar refractivity (Wildman–Crippen MR) is 66.4 cm³/mol. The van der Waals surface area contributed by atoms with Crippen LogP contribution < -0.4 is 5.32 Å². The molecule has 1 aromatic carbocycles. The van der Waals surface area contributed by atoms with Gasteiger partial charge in [0.1, 0.15) is 0 Å². The van der Waals surface area contributed by atoms with Gasteiger partial charge < -0.3 is 15.5 Å². The number of carboxylic acid groups (broad SMARTS) is 1. The molecule has 0 saturated heterocycles. The SMILES string of the molecule is CC(C)(CCC(=O)O)NC(=O)c1cc(F)c(F)c(O)c1F. The zero-order valence-electron chi connectivity index (χ0n) is 11.3. The average Bonchev–Trinajstić information content (AvgIpc) is 2.37. The van der Waals surface area contributed by atoms with Crippen LogP contribution in [0.1, 0.15) is 37.0 Å². The molecular weight excluding hydrogens is 291 g/mol. The van der Waals surface area contributed by atoms with Crippen molar-refractivity contribution in [3.05, 3.63) is 29.1 Å². The van der Waals surface area contributed by atoms with Gasteiger partial charge in [-0.2, -0.15) is 4.39 Å². The fourth-order valence-electron chi connectivity index (χ4n) is 1.61. The monoisotopic (exact) mass is 305 g/mol. The van der Waals surface area contributed by atoms with Gasteiger partial charge in [0.25, 0.3) is 5.91 Å². The highest BCUT2D eigenvalue weighted by atomic mass is 19.2. The van der Waals surface area contributed by atoms with E-state index in [1.165, 1.54) is 13.8 Å². The van der Waals surface area contributed by atoms with E-state index in [9.17, 15) is 22.8 Å². The van der Waals surface area contributed by atoms with Crippen molar-refractivity contribution in [3.8, 4) is 5.75 Å². The Hall–Kier alpha value is -2.25. The van der Waals surface area contributed by atoms with Gasteiger partial charge >= 0.3 is 5.97 Å². The molecule has 1 aromatic rings. The number of hydrogen-bond donors (Lipinski definition) is 3. The molecule has 0 bridgehead atoms. The Morgan fingerprint density at radius 1 is 1.24 bits per heavy atom. The molecule has 5 nitrogen and oxygen atoms in total. The fraction of sp³-hybridized carbons (Fsp3) is 0.385. The summed E-state index contributed by atoms with van der Waals surface area (Å²) in [5.74, 6) is -8.67. The smallest absolute Gasteiger partial charge is 0.303 e. The van der Waals surface area contributed by atoms with Gasteiger partial charge in [-0.25, -0.2) is 8.78 Å². The first-order chi connectivity index (χ1) is 9.55. The van der Waals surface area contributed by atoms with Gasteiger partial charge in [-0.1, -0.05) is 0 Å². The maximum absolute atomic E-state index is 13.6. The Balaban J connectivity index is 2.97. The zero-order valence-corrected chi connectivity index (χ0v) is 11.3. The van der Waals surface area contributed by atoms with Gasteiger partial charge in [-0.3, -0.25) is 9.59 Å². The summed E-state index contributed by atoms with van der Waals surface area (Å²) in [6.07, 6.45) is -0.190. The minimum Gasteiger partial charge on any atom is -0.503 e. The van der Waals surface area contributed by atoms with Crippen molar-refractivity contribution in [2.45, 2.75) is 32.2 Å². The number of hydrogen-bond acceptors (Lipinski definition) is 3. The minimum absolute atomic E-state index is 0.0470. The number of carboxylic acids is 1. The van der Waals surface area contributed by atoms with E-state index in [1.807, 2.05) is 0 Å². The highest BCUT2D eigenvalue weighted by Gasteiger charge is 2.27. The lowest BCUT2D eigenvalue weighted by Crippen LogP contribution is -2.44. The van der Waals surface area contributed by atoms with Crippen molar-refractivity contribution in [1.29, 1.82) is 0 Å². The molecule has 0 heterocycles. The van der Waals surface area contributed by atoms with Crippen LogP contribution in [0.4, 0.5) is 13.2 Å². The van der Waals surface area contributed by atoms with Gasteiger partial charge in [0.05, 0.1) is 5.56 Å². The van der Waals surface area contributed by atoms with Crippen molar-refractivity contribution in [2.24, 2.45) is 0 Å². The summed E-state index contributed by atoms with van der Waals surface area (Å²) in [5, 5.41) is 19.9. The van der Waals surface area contributed by atoms with Gasteiger partial charge in [0.15, 0.2) is 17.4 Å². The summed E-state index contributed by atoms with van der Waals surface area (Å²) in [6, 6.07) is 0.326. The number of benzene rings is 1. The summed E-state index contributed by atoms with van der Waals surface area (Å²) in [7, 11) is 0. The van der Waals surface area contributed by atoms with Crippen LogP contribution in [0.5, 0.6) is 5.75 Å². The highest BCUT2D eigenvalue weighted by Crippen LogP contribution is 2.26. The Morgan fingerprint density at radius 3 is 2.33 bits per heavy atom. The molecule has 116 valence electrons. The molecule has 1 amide bonds. The molecule has 1 rings (SSSR count). The molecule has 8 heteroatoms. The normalized spacial score (nSPS) is 11.3. The third-order valence-electron chi connectivity index (χ3n) is 2.79. The first kappa shape index (κ1) is 16.8. The Bertz CT molecular complexity index is 587. The van der Waals surface area contributed by atoms with Gasteiger partial charge in [0.2, 0.25) is 5.82 Å². The van der Waals surface area contributed by atoms with Crippen LogP contribution >= 0.6 is 0 Å². The van der Waals surface area contributed by atoms with Crippen molar-refractivity contribution in [2.75, 3.05) is 0 Å². The van der Waals surface area contributed by atoms with Gasteiger partial charge in [-0.05, 0) is 26.3 Å². The van der Waals surface area contributed by atoms with Gasteiger partial charge in [-0.15, -0.1) is 0 Å². The lowest BCUT2D eigenvalue weighted by Gasteiger charge is -2.25. The molecule has 0 aromatic heterocycles. The van der Waals surface area contributed by atoms with Crippen LogP contribution in [-0.4, -0.2) is 27.6 Å². The van der Waals surface area contributed by atoms with E-state index >= 15 is 0 Å². The maximum Gasteiger partial charge on any atom is 0.303 e. The highest BCUT2D eigenvalue weighted by molar-refractivity contribution is 5.95. The number of aromatic hydroxyl groups is 1. The molecule has 0 atom stereocenters. The standard InChI is InChI=1S/C13H14F3NO4/c1-13(2,4-3-8(18)19)17-12(21)6-5-7(14)10(16)11(20)9(6)15/h5,20H,3-4H2,1-2H3,(H,17,21)(H,18,19). The summed E-state index contributed by atoms with van der Waals surface area (Å²) in [5.41, 5.74) is -1.88. The Kier molecular flexibility index (Phi) is 4.82. The topological polar surface area (TPSA) is 86.6 Å². The molecule has 0 fully saturated rings. The molecule has 0 radical (unpaired) electrons. The number of halogens is 3. The molecular formula is C13H14F3NO4. The molecule has 0 saturated carbocycles. The molecule has 0 aliphatic rings. The summed E-state index contributed by atoms with van der Waals surface area (Å²) >= 11 is 0. The zero-order chi connectivity index (χ0) is 16.4. The van der Waals surface area contributed by atoms with E-state index in [0.717, 1.165) is 0 Å². The quantitative estimate of drug-likeness (QED) is 0.728. The second-order valence-electron chi connectivity index (χ2n) is 5.11. The lowest BCUT2D eigenvalue weighted by molar-refractivity contribution is -0.137. The number of amides is 1. The van der Waals surface area contributed by atoms with E-state index < -0.39 is 46.2 Å². The van der Waals surface area contributed by atoms with E-state index in [2.05, 4.69) is 5.32 Å². The third-order valence-corrected chi connectivity index (χ3v) is 2.79. The van der Waals surface area contributed by atoms with E-state index in [1.54, 1.807) is 0 Å². The maximum atomic E-state index is 13.6. The van der Waals surface area contributed by atoms with Crippen LogP contribution in [0.2, 0.25) is 0 Å². The molecule has 3 N–H and O–H groups in total. The predicted octanol–water partition coefficient (Wildman–Crippen LogP) is 2.18. The second-order valence-corrected chi connectivity index (χ2v) is 5.11. The first-order valence-corrected chi connectivity index (χ1v) is 5.96. The van der Waals surface area contributed by atoms with Crippen LogP contribution in [-0.2, 0) is 4.79 Å². The second kappa shape index (κ2) is 6.02. The summed E-state index contributed by atoms with van der Waals surface area (Å²) < 4.78 is 39.6. The molecule has 21 heavy (non-hydrogen) atoms. The average molecular weight is 305 g/mol. The largest absolute Gasteiger partial charge is 0.503 e. The minimum atomic E-state index is -1.78. The molecule has 0 aliphatic carbocycles. The summed E-state index contributed by atoms with van der Waals surface area (Å²) in [4.78, 5) is 22.3. The number of nitrogens with one attached hydrogen (secondary N) is 1. The van der Waals surface area contributed by atoms with Crippen molar-refractivity contribution in [1.82, 2.24) is 5.32 Å². The van der Waals surface area contributed by atoms with Gasteiger partial charge in [0, 0.05) is 12.0 Å². The first-order valence-electron chi connectivity index (χ1n) is 5.96. The van der Waals surface area contributed by atoms with E-state index in [-0.39, 0.29) is 12.8 Å². The lowest BCUT2D eigenvalue weighted by atomic mass is 9.97. The number of rotatable bonds is 5. The van der Waals surface area contributed by atoms with Crippen molar-refractivity contribution in [3.63, 3.8) is 0 Å². The molecule has 0 aliphatic heterocycles. The number of carbonyl (C=O) groups excluding carboxylic acids is 1. The van der Waals surface area contributed by atoms with Crippen LogP contribution in [0.15, 0.2) is 6.07 Å². The Labute approximate surface area is 118 Å². The van der Waals surface area contributed by atoms with Crippen molar-refractivity contribution < 1.29 is 33.0 Å². The number of aliphatic carboxylic acids is 1. The van der Waals surface area contributed by atoms with Crippen LogP contribution in [0.3, 0.4) is 0 Å². The third kappa shape index (κ3) is 4.11. The number of phenolic OH excluding ortho intramolecular Hbond substituents is 1. The summed E-state index contributed by atoms with van der Waals surface area (Å²) in [6.45, 7) is 2.98. The van der Waals surface area contributed by atoms with E-state index in [4.69, 9.17) is 10.2 Å². The molecule has 0 unspecified atom stereocenters. The number of carbonyl (C=O) groups is 2. The fourth-order valence-corrected chi connectivity index (χ4v) is 1.61. The van der Waals surface area contributed by atoms with Crippen LogP contribution in [0, 0.1) is 17.5 Å². The van der Waals surface area contributed by atoms with Crippen molar-refractivity contribution >= 4 is 11.9 Å². The van der Waals surface area contributed by atoms with E-state index in [0.29, 0.717) is 6.07 Å². The van der Waals surface area contributed by atoms with Crippen LogP contribution in [0.25, 0.3) is 0 Å². The Morgan fingerprint density at radius 2 is 1.81 bits per heavy atom. The molecule has 0 spiro atoms.